The second kappa shape index (κ2) is 5.59. The van der Waals surface area contributed by atoms with Crippen molar-refractivity contribution in [2.45, 2.75) is 38.6 Å². The number of amides is 2. The number of methoxy groups -OCH3 is 1. The van der Waals surface area contributed by atoms with Gasteiger partial charge in [0, 0.05) is 19.6 Å². The third-order valence-corrected chi connectivity index (χ3v) is 4.04. The molecule has 0 saturated carbocycles. The summed E-state index contributed by atoms with van der Waals surface area (Å²) in [5.74, 6) is 0.805. The molecule has 2 rings (SSSR count). The van der Waals surface area contributed by atoms with Crippen molar-refractivity contribution in [3.63, 3.8) is 0 Å². The summed E-state index contributed by atoms with van der Waals surface area (Å²) in [4.78, 5) is 27.5. The van der Waals surface area contributed by atoms with Crippen LogP contribution in [0.2, 0.25) is 0 Å². The Morgan fingerprint density at radius 2 is 1.78 bits per heavy atom. The highest BCUT2D eigenvalue weighted by atomic mass is 16.5. The molecule has 0 bridgehead atoms. The predicted octanol–water partition coefficient (Wildman–Crippen LogP) is 1.48. The number of piperidine rings is 1. The maximum Gasteiger partial charge on any atom is 0.410 e. The summed E-state index contributed by atoms with van der Waals surface area (Å²) in [5.41, 5.74) is 0. The number of nitrogens with zero attached hydrogens (tertiary/aromatic N) is 2. The van der Waals surface area contributed by atoms with Gasteiger partial charge in [-0.15, -0.1) is 0 Å². The molecule has 0 aromatic heterocycles. The van der Waals surface area contributed by atoms with Gasteiger partial charge in [0.2, 0.25) is 5.91 Å². The van der Waals surface area contributed by atoms with Gasteiger partial charge in [0.25, 0.3) is 0 Å². The zero-order valence-electron chi connectivity index (χ0n) is 11.2. The Labute approximate surface area is 108 Å². The van der Waals surface area contributed by atoms with E-state index in [2.05, 4.69) is 6.92 Å². The second-order valence-corrected chi connectivity index (χ2v) is 5.33. The molecule has 1 unspecified atom stereocenters. The zero-order valence-corrected chi connectivity index (χ0v) is 11.2. The molecule has 102 valence electrons. The van der Waals surface area contributed by atoms with E-state index in [1.165, 1.54) is 7.11 Å². The fourth-order valence-electron chi connectivity index (χ4n) is 2.80. The molecule has 18 heavy (non-hydrogen) atoms. The Bertz CT molecular complexity index is 324. The fourth-order valence-corrected chi connectivity index (χ4v) is 2.80. The van der Waals surface area contributed by atoms with Gasteiger partial charge in [0.15, 0.2) is 0 Å². The number of likely N-dealkylation sites (tertiary alicyclic amines) is 2. The molecule has 2 heterocycles. The van der Waals surface area contributed by atoms with E-state index >= 15 is 0 Å². The summed E-state index contributed by atoms with van der Waals surface area (Å²) in [7, 11) is 1.37. The molecule has 2 aliphatic heterocycles. The minimum atomic E-state index is -0.378. The number of hydrogen-bond acceptors (Lipinski definition) is 3. The summed E-state index contributed by atoms with van der Waals surface area (Å²) in [6, 6.07) is -0.300. The number of carbonyl (C=O) groups excluding carboxylic acids is 2. The van der Waals surface area contributed by atoms with E-state index in [1.54, 1.807) is 4.90 Å². The van der Waals surface area contributed by atoms with Gasteiger partial charge in [0.1, 0.15) is 6.04 Å². The van der Waals surface area contributed by atoms with Gasteiger partial charge in [-0.05, 0) is 31.6 Å². The fraction of sp³-hybridized carbons (Fsp3) is 0.846. The van der Waals surface area contributed by atoms with E-state index in [4.69, 9.17) is 4.74 Å². The van der Waals surface area contributed by atoms with E-state index in [9.17, 15) is 9.59 Å². The van der Waals surface area contributed by atoms with Crippen LogP contribution < -0.4 is 0 Å². The van der Waals surface area contributed by atoms with E-state index in [-0.39, 0.29) is 18.0 Å². The zero-order chi connectivity index (χ0) is 13.1. The van der Waals surface area contributed by atoms with Gasteiger partial charge in [-0.2, -0.15) is 0 Å². The lowest BCUT2D eigenvalue weighted by Gasteiger charge is -2.34. The molecule has 0 aliphatic carbocycles. The lowest BCUT2D eigenvalue weighted by molar-refractivity contribution is -0.136. The van der Waals surface area contributed by atoms with Crippen LogP contribution in [0.25, 0.3) is 0 Å². The normalized spacial score (nSPS) is 25.3. The summed E-state index contributed by atoms with van der Waals surface area (Å²) in [5, 5.41) is 0. The van der Waals surface area contributed by atoms with Crippen LogP contribution in [-0.2, 0) is 9.53 Å². The largest absolute Gasteiger partial charge is 0.453 e. The Kier molecular flexibility index (Phi) is 4.09. The SMILES string of the molecule is COC(=O)N1CCCC1C(=O)N1CCC(C)CC1. The molecule has 0 N–H and O–H groups in total. The van der Waals surface area contributed by atoms with Crippen molar-refractivity contribution < 1.29 is 14.3 Å². The lowest BCUT2D eigenvalue weighted by atomic mass is 9.98. The smallest absolute Gasteiger partial charge is 0.410 e. The minimum Gasteiger partial charge on any atom is -0.453 e. The van der Waals surface area contributed by atoms with E-state index < -0.39 is 0 Å². The quantitative estimate of drug-likeness (QED) is 0.712. The maximum atomic E-state index is 12.4. The number of hydrogen-bond donors (Lipinski definition) is 0. The van der Waals surface area contributed by atoms with Crippen LogP contribution in [0.1, 0.15) is 32.6 Å². The molecule has 2 amide bonds. The first kappa shape index (κ1) is 13.2. The van der Waals surface area contributed by atoms with Gasteiger partial charge < -0.3 is 9.64 Å². The van der Waals surface area contributed by atoms with Crippen LogP contribution in [0.4, 0.5) is 4.79 Å². The molecule has 0 aromatic rings. The van der Waals surface area contributed by atoms with Crippen LogP contribution in [0, 0.1) is 5.92 Å². The van der Waals surface area contributed by atoms with E-state index in [1.807, 2.05) is 4.90 Å². The van der Waals surface area contributed by atoms with Gasteiger partial charge >= 0.3 is 6.09 Å². The first-order valence-corrected chi connectivity index (χ1v) is 6.77. The van der Waals surface area contributed by atoms with Crippen LogP contribution in [0.3, 0.4) is 0 Å². The highest BCUT2D eigenvalue weighted by molar-refractivity contribution is 5.86. The van der Waals surface area contributed by atoms with Crippen LogP contribution >= 0.6 is 0 Å². The highest BCUT2D eigenvalue weighted by Gasteiger charge is 2.37. The molecule has 1 atom stereocenters. The number of rotatable bonds is 1. The highest BCUT2D eigenvalue weighted by Crippen LogP contribution is 2.23. The molecule has 2 fully saturated rings. The summed E-state index contributed by atoms with van der Waals surface area (Å²) >= 11 is 0. The van der Waals surface area contributed by atoms with Crippen LogP contribution in [-0.4, -0.2) is 54.6 Å². The summed E-state index contributed by atoms with van der Waals surface area (Å²) in [6.45, 7) is 4.50. The maximum absolute atomic E-state index is 12.4. The van der Waals surface area contributed by atoms with Crippen molar-refractivity contribution in [2.24, 2.45) is 5.92 Å². The number of carbonyl (C=O) groups is 2. The third-order valence-electron chi connectivity index (χ3n) is 4.04. The molecule has 2 saturated heterocycles. The van der Waals surface area contributed by atoms with Crippen molar-refractivity contribution in [1.29, 1.82) is 0 Å². The monoisotopic (exact) mass is 254 g/mol. The van der Waals surface area contributed by atoms with Gasteiger partial charge in [-0.25, -0.2) is 4.79 Å². The van der Waals surface area contributed by atoms with Crippen LogP contribution in [0.5, 0.6) is 0 Å². The molecule has 0 radical (unpaired) electrons. The van der Waals surface area contributed by atoms with Gasteiger partial charge in [0.05, 0.1) is 7.11 Å². The molecular weight excluding hydrogens is 232 g/mol. The topological polar surface area (TPSA) is 49.9 Å². The standard InChI is InChI=1S/C13H22N2O3/c1-10-5-8-14(9-6-10)12(16)11-4-3-7-15(11)13(17)18-2/h10-11H,3-9H2,1-2H3. The lowest BCUT2D eigenvalue weighted by Crippen LogP contribution is -2.49. The Morgan fingerprint density at radius 1 is 1.11 bits per heavy atom. The van der Waals surface area contributed by atoms with Gasteiger partial charge in [-0.3, -0.25) is 9.69 Å². The van der Waals surface area contributed by atoms with Crippen molar-refractivity contribution in [2.75, 3.05) is 26.7 Å². The first-order chi connectivity index (χ1) is 8.63. The Balaban J connectivity index is 1.97. The van der Waals surface area contributed by atoms with Crippen LogP contribution in [0.15, 0.2) is 0 Å². The average molecular weight is 254 g/mol. The number of ether oxygens (including phenoxy) is 1. The molecule has 0 spiro atoms. The third kappa shape index (κ3) is 2.60. The van der Waals surface area contributed by atoms with Crippen molar-refractivity contribution in [3.05, 3.63) is 0 Å². The first-order valence-electron chi connectivity index (χ1n) is 6.77. The molecule has 5 heteroatoms. The van der Waals surface area contributed by atoms with Crippen molar-refractivity contribution in [1.82, 2.24) is 9.80 Å². The van der Waals surface area contributed by atoms with E-state index in [0.717, 1.165) is 38.8 Å². The average Bonchev–Trinajstić information content (AvgIpc) is 2.87. The molecule has 2 aliphatic rings. The van der Waals surface area contributed by atoms with Crippen molar-refractivity contribution >= 4 is 12.0 Å². The molecule has 0 aromatic carbocycles. The second-order valence-electron chi connectivity index (χ2n) is 5.33. The molecular formula is C13H22N2O3. The van der Waals surface area contributed by atoms with Gasteiger partial charge in [-0.1, -0.05) is 6.92 Å². The molecule has 5 nitrogen and oxygen atoms in total. The van der Waals surface area contributed by atoms with E-state index in [0.29, 0.717) is 12.5 Å². The van der Waals surface area contributed by atoms with Crippen molar-refractivity contribution in [3.8, 4) is 0 Å². The minimum absolute atomic E-state index is 0.102. The Hall–Kier alpha value is -1.26. The predicted molar refractivity (Wildman–Crippen MR) is 67.1 cm³/mol. The summed E-state index contributed by atoms with van der Waals surface area (Å²) < 4.78 is 4.74. The Morgan fingerprint density at radius 3 is 2.39 bits per heavy atom. The summed E-state index contributed by atoms with van der Waals surface area (Å²) in [6.07, 6.45) is 3.40.